The first-order valence-electron chi connectivity index (χ1n) is 9.03. The van der Waals surface area contributed by atoms with Gasteiger partial charge in [-0.05, 0) is 60.9 Å². The molecule has 1 unspecified atom stereocenters. The second-order valence-corrected chi connectivity index (χ2v) is 6.88. The molecule has 2 rings (SSSR count). The van der Waals surface area contributed by atoms with Gasteiger partial charge in [0.1, 0.15) is 11.8 Å². The molecule has 0 aliphatic carbocycles. The summed E-state index contributed by atoms with van der Waals surface area (Å²) in [7, 11) is 0. The molecule has 0 aromatic heterocycles. The maximum atomic E-state index is 12.5. The fourth-order valence-electron chi connectivity index (χ4n) is 2.45. The van der Waals surface area contributed by atoms with Crippen molar-refractivity contribution in [3.63, 3.8) is 0 Å². The second kappa shape index (κ2) is 10.5. The van der Waals surface area contributed by atoms with Gasteiger partial charge in [-0.1, -0.05) is 31.5 Å². The molecule has 0 radical (unpaired) electrons. The molecule has 148 valence electrons. The highest BCUT2D eigenvalue weighted by molar-refractivity contribution is 6.31. The van der Waals surface area contributed by atoms with Crippen molar-refractivity contribution in [3.05, 3.63) is 64.7 Å². The first-order chi connectivity index (χ1) is 13.4. The molecular weight excluding hydrogens is 378 g/mol. The summed E-state index contributed by atoms with van der Waals surface area (Å²) in [6.07, 6.45) is 1.53. The highest BCUT2D eigenvalue weighted by Gasteiger charge is 2.24. The Labute approximate surface area is 169 Å². The second-order valence-electron chi connectivity index (χ2n) is 6.44. The summed E-state index contributed by atoms with van der Waals surface area (Å²) in [5, 5.41) is 7.16. The van der Waals surface area contributed by atoms with Crippen molar-refractivity contribution in [2.45, 2.75) is 26.8 Å². The third-order valence-corrected chi connectivity index (χ3v) is 4.14. The minimum atomic E-state index is -0.732. The van der Waals surface area contributed by atoms with E-state index in [2.05, 4.69) is 15.8 Å². The number of halogens is 1. The first kappa shape index (κ1) is 21.4. The summed E-state index contributed by atoms with van der Waals surface area (Å²) >= 11 is 5.92. The van der Waals surface area contributed by atoms with Crippen molar-refractivity contribution in [2.75, 3.05) is 6.61 Å². The number of carbonyl (C=O) groups excluding carboxylic acids is 2. The first-order valence-corrected chi connectivity index (χ1v) is 9.40. The zero-order valence-electron chi connectivity index (χ0n) is 16.1. The van der Waals surface area contributed by atoms with Gasteiger partial charge in [0.15, 0.2) is 0 Å². The van der Waals surface area contributed by atoms with Crippen LogP contribution in [-0.4, -0.2) is 30.7 Å². The Bertz CT molecular complexity index is 835. The van der Waals surface area contributed by atoms with E-state index in [0.29, 0.717) is 17.2 Å². The number of hydrazone groups is 1. The molecule has 7 heteroatoms. The van der Waals surface area contributed by atoms with E-state index in [1.165, 1.54) is 6.21 Å². The molecule has 6 nitrogen and oxygen atoms in total. The van der Waals surface area contributed by atoms with Gasteiger partial charge in [0.25, 0.3) is 11.8 Å². The minimum Gasteiger partial charge on any atom is -0.494 e. The molecule has 1 atom stereocenters. The Balaban J connectivity index is 1.97. The van der Waals surface area contributed by atoms with E-state index in [-0.39, 0.29) is 11.8 Å². The van der Waals surface area contributed by atoms with E-state index >= 15 is 0 Å². The van der Waals surface area contributed by atoms with E-state index in [1.54, 1.807) is 24.3 Å². The van der Waals surface area contributed by atoms with Crippen LogP contribution in [0.5, 0.6) is 5.75 Å². The van der Waals surface area contributed by atoms with Crippen molar-refractivity contribution in [2.24, 2.45) is 11.0 Å². The van der Waals surface area contributed by atoms with Crippen molar-refractivity contribution in [3.8, 4) is 5.75 Å². The molecule has 2 amide bonds. The van der Waals surface area contributed by atoms with Crippen LogP contribution in [0.25, 0.3) is 0 Å². The molecule has 0 aliphatic heterocycles. The van der Waals surface area contributed by atoms with Crippen LogP contribution in [0.2, 0.25) is 5.02 Å². The number of hydrogen-bond acceptors (Lipinski definition) is 4. The summed E-state index contributed by atoms with van der Waals surface area (Å²) in [5.74, 6) is -0.115. The van der Waals surface area contributed by atoms with Gasteiger partial charge < -0.3 is 10.1 Å². The quantitative estimate of drug-likeness (QED) is 0.523. The number of benzene rings is 2. The maximum absolute atomic E-state index is 12.5. The summed E-state index contributed by atoms with van der Waals surface area (Å²) in [6, 6.07) is 13.1. The third-order valence-electron chi connectivity index (χ3n) is 3.90. The van der Waals surface area contributed by atoms with E-state index in [1.807, 2.05) is 45.0 Å². The molecule has 2 N–H and O–H groups in total. The zero-order valence-corrected chi connectivity index (χ0v) is 16.9. The Kier molecular flexibility index (Phi) is 8.02. The minimum absolute atomic E-state index is 0.121. The van der Waals surface area contributed by atoms with Crippen LogP contribution in [0.4, 0.5) is 0 Å². The van der Waals surface area contributed by atoms with Gasteiger partial charge in [-0.2, -0.15) is 5.10 Å². The van der Waals surface area contributed by atoms with E-state index in [4.69, 9.17) is 16.3 Å². The third kappa shape index (κ3) is 6.39. The lowest BCUT2D eigenvalue weighted by atomic mass is 10.0. The van der Waals surface area contributed by atoms with Crippen LogP contribution >= 0.6 is 11.6 Å². The molecule has 0 heterocycles. The Morgan fingerprint density at radius 2 is 1.89 bits per heavy atom. The van der Waals surface area contributed by atoms with Gasteiger partial charge in [0.05, 0.1) is 12.8 Å². The molecule has 2 aromatic carbocycles. The van der Waals surface area contributed by atoms with Crippen LogP contribution in [0.1, 0.15) is 36.7 Å². The largest absolute Gasteiger partial charge is 0.494 e. The van der Waals surface area contributed by atoms with Gasteiger partial charge in [0, 0.05) is 10.6 Å². The molecule has 28 heavy (non-hydrogen) atoms. The monoisotopic (exact) mass is 401 g/mol. The molecule has 0 bridgehead atoms. The number of carbonyl (C=O) groups is 2. The highest BCUT2D eigenvalue weighted by Crippen LogP contribution is 2.12. The predicted molar refractivity (Wildman–Crippen MR) is 111 cm³/mol. The standard InChI is InChI=1S/C21H24ClN3O3/c1-4-28-18-10-8-15(9-11-18)13-23-25-21(27)19(14(2)3)24-20(26)16-6-5-7-17(22)12-16/h5-14,19H,4H2,1-3H3,(H,24,26)(H,25,27). The molecule has 2 aromatic rings. The molecule has 0 spiro atoms. The van der Waals surface area contributed by atoms with Crippen LogP contribution in [0, 0.1) is 5.92 Å². The lowest BCUT2D eigenvalue weighted by Gasteiger charge is -2.20. The van der Waals surface area contributed by atoms with Crippen molar-refractivity contribution < 1.29 is 14.3 Å². The van der Waals surface area contributed by atoms with Gasteiger partial charge in [-0.25, -0.2) is 5.43 Å². The lowest BCUT2D eigenvalue weighted by Crippen LogP contribution is -2.48. The Morgan fingerprint density at radius 1 is 1.18 bits per heavy atom. The van der Waals surface area contributed by atoms with E-state index in [0.717, 1.165) is 11.3 Å². The summed E-state index contributed by atoms with van der Waals surface area (Å²) in [5.41, 5.74) is 3.68. The molecule has 0 fully saturated rings. The smallest absolute Gasteiger partial charge is 0.262 e. The predicted octanol–water partition coefficient (Wildman–Crippen LogP) is 3.64. The molecule has 0 saturated heterocycles. The number of amides is 2. The number of ether oxygens (including phenoxy) is 1. The highest BCUT2D eigenvalue weighted by atomic mass is 35.5. The zero-order chi connectivity index (χ0) is 20.5. The molecule has 0 saturated carbocycles. The SMILES string of the molecule is CCOc1ccc(C=NNC(=O)C(NC(=O)c2cccc(Cl)c2)C(C)C)cc1. The van der Waals surface area contributed by atoms with Gasteiger partial charge in [0.2, 0.25) is 0 Å². The average Bonchev–Trinajstić information content (AvgIpc) is 2.67. The summed E-state index contributed by atoms with van der Waals surface area (Å²) in [6.45, 7) is 6.21. The van der Waals surface area contributed by atoms with Gasteiger partial charge in [-0.15, -0.1) is 0 Å². The van der Waals surface area contributed by atoms with Gasteiger partial charge >= 0.3 is 0 Å². The van der Waals surface area contributed by atoms with Crippen molar-refractivity contribution in [1.82, 2.24) is 10.7 Å². The average molecular weight is 402 g/mol. The molecular formula is C21H24ClN3O3. The lowest BCUT2D eigenvalue weighted by molar-refractivity contribution is -0.123. The van der Waals surface area contributed by atoms with Crippen LogP contribution in [-0.2, 0) is 4.79 Å². The summed E-state index contributed by atoms with van der Waals surface area (Å²) in [4.78, 5) is 24.9. The van der Waals surface area contributed by atoms with Crippen LogP contribution in [0.15, 0.2) is 53.6 Å². The number of nitrogens with one attached hydrogen (secondary N) is 2. The Hall–Kier alpha value is -2.86. The van der Waals surface area contributed by atoms with Crippen LogP contribution < -0.4 is 15.5 Å². The van der Waals surface area contributed by atoms with Crippen molar-refractivity contribution >= 4 is 29.6 Å². The fraction of sp³-hybridized carbons (Fsp3) is 0.286. The number of rotatable bonds is 8. The normalized spacial score (nSPS) is 12.0. The Morgan fingerprint density at radius 3 is 2.50 bits per heavy atom. The topological polar surface area (TPSA) is 79.8 Å². The van der Waals surface area contributed by atoms with Gasteiger partial charge in [-0.3, -0.25) is 9.59 Å². The maximum Gasteiger partial charge on any atom is 0.262 e. The fourth-order valence-corrected chi connectivity index (χ4v) is 2.64. The molecule has 0 aliphatic rings. The van der Waals surface area contributed by atoms with Crippen LogP contribution in [0.3, 0.4) is 0 Å². The number of hydrogen-bond donors (Lipinski definition) is 2. The van der Waals surface area contributed by atoms with Crippen molar-refractivity contribution in [1.29, 1.82) is 0 Å². The van der Waals surface area contributed by atoms with E-state index < -0.39 is 11.9 Å². The summed E-state index contributed by atoms with van der Waals surface area (Å²) < 4.78 is 5.38. The van der Waals surface area contributed by atoms with E-state index in [9.17, 15) is 9.59 Å². The number of nitrogens with zero attached hydrogens (tertiary/aromatic N) is 1.